The molecule has 0 aromatic heterocycles. The van der Waals surface area contributed by atoms with Gasteiger partial charge in [0.1, 0.15) is 0 Å². The second-order valence-corrected chi connectivity index (χ2v) is 5.51. The Labute approximate surface area is 121 Å². The molecule has 1 aliphatic heterocycles. The smallest absolute Gasteiger partial charge is 0.319 e. The lowest BCUT2D eigenvalue weighted by atomic mass is 10.2. The minimum atomic E-state index is -0.868. The molecule has 2 atom stereocenters. The van der Waals surface area contributed by atoms with Gasteiger partial charge < -0.3 is 14.9 Å². The second-order valence-electron chi connectivity index (χ2n) is 5.51. The molecular formula is C14H27N3O3. The Morgan fingerprint density at radius 2 is 1.95 bits per heavy atom. The number of hydrogen-bond donors (Lipinski definition) is 1. The molecule has 1 heterocycles. The summed E-state index contributed by atoms with van der Waals surface area (Å²) >= 11 is 0. The number of carboxylic acid groups (broad SMARTS) is 1. The summed E-state index contributed by atoms with van der Waals surface area (Å²) in [5.41, 5.74) is 0. The molecule has 1 rings (SSSR count). The zero-order valence-corrected chi connectivity index (χ0v) is 13.0. The van der Waals surface area contributed by atoms with Crippen molar-refractivity contribution in [3.8, 4) is 0 Å². The Kier molecular flexibility index (Phi) is 6.26. The average molecular weight is 285 g/mol. The van der Waals surface area contributed by atoms with Crippen LogP contribution in [0.3, 0.4) is 0 Å². The van der Waals surface area contributed by atoms with Crippen LogP contribution in [0, 0.1) is 5.92 Å². The number of likely N-dealkylation sites (N-methyl/N-ethyl adjacent to an activating group) is 1. The number of carbonyl (C=O) groups is 2. The summed E-state index contributed by atoms with van der Waals surface area (Å²) in [5.74, 6) is -1.41. The molecule has 116 valence electrons. The van der Waals surface area contributed by atoms with Gasteiger partial charge in [-0.15, -0.1) is 0 Å². The first kappa shape index (κ1) is 16.8. The third kappa shape index (κ3) is 4.10. The van der Waals surface area contributed by atoms with E-state index >= 15 is 0 Å². The summed E-state index contributed by atoms with van der Waals surface area (Å²) in [4.78, 5) is 28.8. The molecule has 0 spiro atoms. The van der Waals surface area contributed by atoms with Crippen molar-refractivity contribution in [2.45, 2.75) is 33.2 Å². The molecule has 0 radical (unpaired) electrons. The number of carboxylic acids is 1. The number of likely N-dealkylation sites (tertiary alicyclic amines) is 1. The fraction of sp³-hybridized carbons (Fsp3) is 0.857. The molecule has 0 aromatic carbocycles. The first-order valence-electron chi connectivity index (χ1n) is 7.37. The van der Waals surface area contributed by atoms with E-state index < -0.39 is 11.9 Å². The fourth-order valence-electron chi connectivity index (χ4n) is 2.76. The van der Waals surface area contributed by atoms with Gasteiger partial charge in [0.05, 0.1) is 5.92 Å². The van der Waals surface area contributed by atoms with Gasteiger partial charge in [-0.25, -0.2) is 4.79 Å². The van der Waals surface area contributed by atoms with E-state index in [4.69, 9.17) is 5.11 Å². The first-order chi connectivity index (χ1) is 9.40. The molecule has 0 saturated carbocycles. The van der Waals surface area contributed by atoms with E-state index in [0.29, 0.717) is 6.04 Å². The number of rotatable bonds is 6. The van der Waals surface area contributed by atoms with Crippen molar-refractivity contribution in [2.75, 3.05) is 39.8 Å². The van der Waals surface area contributed by atoms with E-state index in [1.807, 2.05) is 4.90 Å². The Hall–Kier alpha value is -1.30. The van der Waals surface area contributed by atoms with Crippen LogP contribution in [0.25, 0.3) is 0 Å². The Bertz CT molecular complexity index is 345. The average Bonchev–Trinajstić information content (AvgIpc) is 2.88. The lowest BCUT2D eigenvalue weighted by molar-refractivity contribution is -0.141. The summed E-state index contributed by atoms with van der Waals surface area (Å²) in [5, 5.41) is 8.90. The molecule has 0 aliphatic carbocycles. The van der Waals surface area contributed by atoms with Crippen LogP contribution in [0.2, 0.25) is 0 Å². The highest BCUT2D eigenvalue weighted by atomic mass is 16.4. The third-order valence-corrected chi connectivity index (χ3v) is 4.06. The summed E-state index contributed by atoms with van der Waals surface area (Å²) < 4.78 is 0. The van der Waals surface area contributed by atoms with Gasteiger partial charge in [0.25, 0.3) is 0 Å². The van der Waals surface area contributed by atoms with E-state index in [2.05, 4.69) is 18.7 Å². The van der Waals surface area contributed by atoms with Crippen LogP contribution in [-0.4, -0.2) is 77.6 Å². The Morgan fingerprint density at radius 3 is 2.45 bits per heavy atom. The summed E-state index contributed by atoms with van der Waals surface area (Å²) in [6.45, 7) is 9.63. The first-order valence-corrected chi connectivity index (χ1v) is 7.37. The lowest BCUT2D eigenvalue weighted by Gasteiger charge is -2.28. The number of aliphatic carboxylic acids is 1. The van der Waals surface area contributed by atoms with E-state index in [1.165, 1.54) is 4.90 Å². The Balaban J connectivity index is 2.51. The van der Waals surface area contributed by atoms with Crippen LogP contribution in [0.5, 0.6) is 0 Å². The zero-order valence-electron chi connectivity index (χ0n) is 13.0. The molecule has 0 aromatic rings. The maximum Gasteiger partial charge on any atom is 0.319 e. The number of urea groups is 1. The molecule has 1 N–H and O–H groups in total. The molecule has 1 aliphatic rings. The van der Waals surface area contributed by atoms with Gasteiger partial charge in [-0.05, 0) is 19.5 Å². The van der Waals surface area contributed by atoms with Crippen LogP contribution >= 0.6 is 0 Å². The maximum atomic E-state index is 12.3. The van der Waals surface area contributed by atoms with Gasteiger partial charge in [0, 0.05) is 32.7 Å². The van der Waals surface area contributed by atoms with Crippen molar-refractivity contribution in [3.05, 3.63) is 0 Å². The quantitative estimate of drug-likeness (QED) is 0.796. The molecule has 20 heavy (non-hydrogen) atoms. The van der Waals surface area contributed by atoms with Crippen LogP contribution in [0.15, 0.2) is 0 Å². The van der Waals surface area contributed by atoms with Crippen molar-refractivity contribution < 1.29 is 14.7 Å². The monoisotopic (exact) mass is 285 g/mol. The minimum Gasteiger partial charge on any atom is -0.481 e. The molecular weight excluding hydrogens is 258 g/mol. The maximum absolute atomic E-state index is 12.3. The normalized spacial score (nSPS) is 20.2. The van der Waals surface area contributed by atoms with E-state index in [9.17, 15) is 9.59 Å². The van der Waals surface area contributed by atoms with Gasteiger partial charge in [-0.3, -0.25) is 9.69 Å². The molecule has 6 nitrogen and oxygen atoms in total. The summed E-state index contributed by atoms with van der Waals surface area (Å²) in [6, 6.07) is 0.368. The molecule has 1 saturated heterocycles. The number of amides is 2. The Morgan fingerprint density at radius 1 is 1.35 bits per heavy atom. The standard InChI is InChI=1S/C14H27N3O3/c1-5-16(6-2)12-7-8-17(10-12)14(20)15(4)9-11(3)13(18)19/h11-12H,5-10H2,1-4H3,(H,18,19). The number of carbonyl (C=O) groups excluding carboxylic acids is 1. The van der Waals surface area contributed by atoms with Gasteiger partial charge >= 0.3 is 12.0 Å². The third-order valence-electron chi connectivity index (χ3n) is 4.06. The molecule has 1 fully saturated rings. The van der Waals surface area contributed by atoms with Gasteiger partial charge in [-0.2, -0.15) is 0 Å². The highest BCUT2D eigenvalue weighted by Crippen LogP contribution is 2.17. The molecule has 2 amide bonds. The van der Waals surface area contributed by atoms with Crippen LogP contribution in [0.4, 0.5) is 4.79 Å². The zero-order chi connectivity index (χ0) is 15.3. The van der Waals surface area contributed by atoms with Crippen molar-refractivity contribution in [1.82, 2.24) is 14.7 Å². The van der Waals surface area contributed by atoms with Crippen molar-refractivity contribution in [3.63, 3.8) is 0 Å². The van der Waals surface area contributed by atoms with Crippen LogP contribution < -0.4 is 0 Å². The largest absolute Gasteiger partial charge is 0.481 e. The van der Waals surface area contributed by atoms with Gasteiger partial charge in [0.15, 0.2) is 0 Å². The van der Waals surface area contributed by atoms with Crippen LogP contribution in [-0.2, 0) is 4.79 Å². The summed E-state index contributed by atoms with van der Waals surface area (Å²) in [7, 11) is 1.67. The molecule has 2 unspecified atom stereocenters. The minimum absolute atomic E-state index is 0.0623. The number of hydrogen-bond acceptors (Lipinski definition) is 3. The number of nitrogens with zero attached hydrogens (tertiary/aromatic N) is 3. The van der Waals surface area contributed by atoms with E-state index in [1.54, 1.807) is 14.0 Å². The van der Waals surface area contributed by atoms with Crippen molar-refractivity contribution >= 4 is 12.0 Å². The predicted octanol–water partition coefficient (Wildman–Crippen LogP) is 1.17. The van der Waals surface area contributed by atoms with E-state index in [0.717, 1.165) is 32.6 Å². The topological polar surface area (TPSA) is 64.1 Å². The van der Waals surface area contributed by atoms with Gasteiger partial charge in [0.2, 0.25) is 0 Å². The summed E-state index contributed by atoms with van der Waals surface area (Å²) in [6.07, 6.45) is 0.996. The molecule has 0 bridgehead atoms. The lowest BCUT2D eigenvalue weighted by Crippen LogP contribution is -2.44. The van der Waals surface area contributed by atoms with E-state index in [-0.39, 0.29) is 12.6 Å². The van der Waals surface area contributed by atoms with Crippen molar-refractivity contribution in [2.24, 2.45) is 5.92 Å². The predicted molar refractivity (Wildman–Crippen MR) is 77.7 cm³/mol. The van der Waals surface area contributed by atoms with Crippen molar-refractivity contribution in [1.29, 1.82) is 0 Å². The molecule has 6 heteroatoms. The SMILES string of the molecule is CCN(CC)C1CCN(C(=O)N(C)CC(C)C(=O)O)C1. The highest BCUT2D eigenvalue weighted by Gasteiger charge is 2.31. The highest BCUT2D eigenvalue weighted by molar-refractivity contribution is 5.76. The van der Waals surface area contributed by atoms with Gasteiger partial charge in [-0.1, -0.05) is 20.8 Å². The fourth-order valence-corrected chi connectivity index (χ4v) is 2.76. The second kappa shape index (κ2) is 7.47. The van der Waals surface area contributed by atoms with Crippen LogP contribution in [0.1, 0.15) is 27.2 Å².